The van der Waals surface area contributed by atoms with Gasteiger partial charge in [-0.3, -0.25) is 0 Å². The molecule has 3 nitrogen and oxygen atoms in total. The van der Waals surface area contributed by atoms with Gasteiger partial charge in [0.1, 0.15) is 0 Å². The molecule has 1 heterocycles. The Bertz CT molecular complexity index is 551. The van der Waals surface area contributed by atoms with Crippen LogP contribution in [0.4, 0.5) is 0 Å². The zero-order valence-corrected chi connectivity index (χ0v) is 12.5. The second-order valence-corrected chi connectivity index (χ2v) is 8.02. The average Bonchev–Trinajstić information content (AvgIpc) is 2.70. The lowest BCUT2D eigenvalue weighted by atomic mass is 9.85. The van der Waals surface area contributed by atoms with E-state index in [4.69, 9.17) is 5.73 Å². The lowest BCUT2D eigenvalue weighted by Gasteiger charge is -2.22. The van der Waals surface area contributed by atoms with Crippen LogP contribution in [0.2, 0.25) is 0 Å². The van der Waals surface area contributed by atoms with Crippen molar-refractivity contribution in [2.45, 2.75) is 26.7 Å². The van der Waals surface area contributed by atoms with Crippen LogP contribution in [0.5, 0.6) is 0 Å². The van der Waals surface area contributed by atoms with Crippen molar-refractivity contribution in [3.63, 3.8) is 0 Å². The van der Waals surface area contributed by atoms with Gasteiger partial charge in [0.2, 0.25) is 0 Å². The van der Waals surface area contributed by atoms with Gasteiger partial charge in [-0.15, -0.1) is 0 Å². The summed E-state index contributed by atoms with van der Waals surface area (Å²) in [5, 5.41) is 0. The average molecular weight is 281 g/mol. The Hall–Kier alpha value is -0.870. The predicted molar refractivity (Wildman–Crippen MR) is 78.9 cm³/mol. The molecule has 0 saturated carbocycles. The summed E-state index contributed by atoms with van der Waals surface area (Å²) in [7, 11) is -2.82. The van der Waals surface area contributed by atoms with Crippen molar-refractivity contribution in [3.8, 4) is 0 Å². The third kappa shape index (κ3) is 3.57. The summed E-state index contributed by atoms with van der Waals surface area (Å²) in [4.78, 5) is 0. The molecule has 0 bridgehead atoms. The van der Waals surface area contributed by atoms with E-state index in [0.717, 1.165) is 12.8 Å². The van der Waals surface area contributed by atoms with Crippen molar-refractivity contribution < 1.29 is 8.42 Å². The zero-order chi connectivity index (χ0) is 14.0. The number of sulfone groups is 1. The molecule has 0 radical (unpaired) electrons. The normalized spacial score (nSPS) is 23.4. The molecule has 0 aliphatic carbocycles. The Morgan fingerprint density at radius 1 is 1.37 bits per heavy atom. The van der Waals surface area contributed by atoms with E-state index >= 15 is 0 Å². The highest BCUT2D eigenvalue weighted by molar-refractivity contribution is 7.91. The molecule has 2 N–H and O–H groups in total. The standard InChI is InChI=1S/C15H23NO2S/c1-11-3-4-12(2)14(7-11)8-15(9-16)13-5-6-19(17,18)10-13/h3-4,7,13,15H,5-6,8-10,16H2,1-2H3. The molecular formula is C15H23NO2S. The van der Waals surface area contributed by atoms with Crippen molar-refractivity contribution in [1.29, 1.82) is 0 Å². The molecule has 4 heteroatoms. The van der Waals surface area contributed by atoms with Gasteiger partial charge in [-0.2, -0.15) is 0 Å². The van der Waals surface area contributed by atoms with Gasteiger partial charge in [-0.1, -0.05) is 23.8 Å². The molecule has 0 spiro atoms. The SMILES string of the molecule is Cc1ccc(C)c(CC(CN)C2CCS(=O)(=O)C2)c1. The number of aryl methyl sites for hydroxylation is 2. The van der Waals surface area contributed by atoms with Crippen LogP contribution in [0.3, 0.4) is 0 Å². The molecule has 1 fully saturated rings. The van der Waals surface area contributed by atoms with Gasteiger partial charge in [-0.25, -0.2) is 8.42 Å². The van der Waals surface area contributed by atoms with Crippen molar-refractivity contribution in [2.75, 3.05) is 18.1 Å². The fourth-order valence-corrected chi connectivity index (χ4v) is 4.86. The molecule has 2 rings (SSSR count). The fourth-order valence-electron chi connectivity index (χ4n) is 2.94. The first-order chi connectivity index (χ1) is 8.91. The second kappa shape index (κ2) is 5.63. The first kappa shape index (κ1) is 14.5. The maximum atomic E-state index is 11.6. The van der Waals surface area contributed by atoms with Crippen LogP contribution in [-0.4, -0.2) is 26.5 Å². The lowest BCUT2D eigenvalue weighted by Crippen LogP contribution is -2.26. The second-order valence-electron chi connectivity index (χ2n) is 5.79. The van der Waals surface area contributed by atoms with Gasteiger partial charge in [0, 0.05) is 0 Å². The van der Waals surface area contributed by atoms with Crippen molar-refractivity contribution in [1.82, 2.24) is 0 Å². The largest absolute Gasteiger partial charge is 0.330 e. The molecule has 106 valence electrons. The Morgan fingerprint density at radius 3 is 2.68 bits per heavy atom. The summed E-state index contributed by atoms with van der Waals surface area (Å²) >= 11 is 0. The number of hydrogen-bond acceptors (Lipinski definition) is 3. The predicted octanol–water partition coefficient (Wildman–Crippen LogP) is 1.86. The van der Waals surface area contributed by atoms with E-state index in [1.54, 1.807) is 0 Å². The van der Waals surface area contributed by atoms with E-state index in [2.05, 4.69) is 32.0 Å². The van der Waals surface area contributed by atoms with Crippen LogP contribution in [-0.2, 0) is 16.3 Å². The van der Waals surface area contributed by atoms with Gasteiger partial charge in [0.15, 0.2) is 9.84 Å². The van der Waals surface area contributed by atoms with Crippen LogP contribution in [0.25, 0.3) is 0 Å². The Morgan fingerprint density at radius 2 is 2.11 bits per heavy atom. The quantitative estimate of drug-likeness (QED) is 0.916. The summed E-state index contributed by atoms with van der Waals surface area (Å²) in [6, 6.07) is 6.43. The molecule has 2 atom stereocenters. The van der Waals surface area contributed by atoms with Crippen LogP contribution < -0.4 is 5.73 Å². The fraction of sp³-hybridized carbons (Fsp3) is 0.600. The first-order valence-corrected chi connectivity index (χ1v) is 8.70. The number of benzene rings is 1. The third-order valence-electron chi connectivity index (χ3n) is 4.22. The van der Waals surface area contributed by atoms with E-state index in [1.165, 1.54) is 16.7 Å². The third-order valence-corrected chi connectivity index (χ3v) is 6.02. The van der Waals surface area contributed by atoms with Gasteiger partial charge in [0.25, 0.3) is 0 Å². The number of hydrogen-bond donors (Lipinski definition) is 1. The van der Waals surface area contributed by atoms with Crippen molar-refractivity contribution >= 4 is 9.84 Å². The zero-order valence-electron chi connectivity index (χ0n) is 11.7. The molecule has 0 aromatic heterocycles. The number of nitrogens with two attached hydrogens (primary N) is 1. The van der Waals surface area contributed by atoms with Crippen molar-refractivity contribution in [2.24, 2.45) is 17.6 Å². The summed E-state index contributed by atoms with van der Waals surface area (Å²) in [5.41, 5.74) is 9.70. The van der Waals surface area contributed by atoms with Gasteiger partial charge < -0.3 is 5.73 Å². The summed E-state index contributed by atoms with van der Waals surface area (Å²) in [6.07, 6.45) is 1.67. The maximum absolute atomic E-state index is 11.6. The summed E-state index contributed by atoms with van der Waals surface area (Å²) in [6.45, 7) is 4.75. The minimum absolute atomic E-state index is 0.231. The van der Waals surface area contributed by atoms with E-state index in [9.17, 15) is 8.42 Å². The Labute approximate surface area is 116 Å². The van der Waals surface area contributed by atoms with Gasteiger partial charge in [-0.05, 0) is 56.2 Å². The molecule has 1 saturated heterocycles. The van der Waals surface area contributed by atoms with Crippen LogP contribution >= 0.6 is 0 Å². The summed E-state index contributed by atoms with van der Waals surface area (Å²) in [5.74, 6) is 1.16. The van der Waals surface area contributed by atoms with E-state index in [0.29, 0.717) is 18.1 Å². The first-order valence-electron chi connectivity index (χ1n) is 6.88. The highest BCUT2D eigenvalue weighted by Crippen LogP contribution is 2.29. The Balaban J connectivity index is 2.13. The minimum Gasteiger partial charge on any atom is -0.330 e. The monoisotopic (exact) mass is 281 g/mol. The molecule has 1 aliphatic rings. The minimum atomic E-state index is -2.82. The number of rotatable bonds is 4. The smallest absolute Gasteiger partial charge is 0.150 e. The van der Waals surface area contributed by atoms with Crippen LogP contribution in [0, 0.1) is 25.7 Å². The molecule has 2 unspecified atom stereocenters. The highest BCUT2D eigenvalue weighted by atomic mass is 32.2. The summed E-state index contributed by atoms with van der Waals surface area (Å²) < 4.78 is 23.2. The molecule has 1 aromatic rings. The van der Waals surface area contributed by atoms with Gasteiger partial charge >= 0.3 is 0 Å². The van der Waals surface area contributed by atoms with E-state index in [-0.39, 0.29) is 11.8 Å². The molecule has 19 heavy (non-hydrogen) atoms. The molecular weight excluding hydrogens is 258 g/mol. The van der Waals surface area contributed by atoms with Crippen molar-refractivity contribution in [3.05, 3.63) is 34.9 Å². The molecule has 1 aromatic carbocycles. The topological polar surface area (TPSA) is 60.2 Å². The van der Waals surface area contributed by atoms with E-state index < -0.39 is 9.84 Å². The van der Waals surface area contributed by atoms with E-state index in [1.807, 2.05) is 0 Å². The van der Waals surface area contributed by atoms with Crippen LogP contribution in [0.15, 0.2) is 18.2 Å². The molecule has 1 aliphatic heterocycles. The lowest BCUT2D eigenvalue weighted by molar-refractivity contribution is 0.370. The maximum Gasteiger partial charge on any atom is 0.150 e. The van der Waals surface area contributed by atoms with Crippen LogP contribution in [0.1, 0.15) is 23.1 Å². The Kier molecular flexibility index (Phi) is 4.31. The molecule has 0 amide bonds. The van der Waals surface area contributed by atoms with Gasteiger partial charge in [0.05, 0.1) is 11.5 Å². The highest BCUT2D eigenvalue weighted by Gasteiger charge is 2.33.